The van der Waals surface area contributed by atoms with Crippen molar-refractivity contribution in [2.45, 2.75) is 19.3 Å². The van der Waals surface area contributed by atoms with Gasteiger partial charge in [-0.25, -0.2) is 4.79 Å². The normalized spacial score (nSPS) is 17.5. The predicted molar refractivity (Wildman–Crippen MR) is 76.2 cm³/mol. The number of carbonyl (C=O) groups excluding carboxylic acids is 1. The summed E-state index contributed by atoms with van der Waals surface area (Å²) in [5.41, 5.74) is 0.691. The van der Waals surface area contributed by atoms with E-state index in [1.165, 1.54) is 4.90 Å². The van der Waals surface area contributed by atoms with Crippen LogP contribution in [0.4, 0.5) is 4.79 Å². The molecule has 1 aliphatic rings. The van der Waals surface area contributed by atoms with Crippen molar-refractivity contribution in [3.8, 4) is 0 Å². The highest BCUT2D eigenvalue weighted by Crippen LogP contribution is 2.24. The molecule has 0 aliphatic carbocycles. The van der Waals surface area contributed by atoms with E-state index < -0.39 is 6.09 Å². The number of thiazole rings is 1. The van der Waals surface area contributed by atoms with Crippen LogP contribution >= 0.6 is 11.3 Å². The third-order valence-corrected chi connectivity index (χ3v) is 5.07. The molecule has 7 heteroatoms. The first-order valence-corrected chi connectivity index (χ1v) is 7.43. The van der Waals surface area contributed by atoms with Gasteiger partial charge in [0.2, 0.25) is 0 Å². The average Bonchev–Trinajstić information content (AvgIpc) is 2.74. The first kappa shape index (κ1) is 14.8. The highest BCUT2D eigenvalue weighted by atomic mass is 32.1. The number of amides is 1. The Bertz CT molecular complexity index is 568. The van der Waals surface area contributed by atoms with Crippen LogP contribution in [0, 0.1) is 5.92 Å². The molecule has 1 aromatic heterocycles. The molecule has 0 unspecified atom stereocenters. The number of aldehydes is 1. The van der Waals surface area contributed by atoms with Crippen LogP contribution in [-0.4, -0.2) is 47.1 Å². The fourth-order valence-corrected chi connectivity index (χ4v) is 3.75. The van der Waals surface area contributed by atoms with Crippen LogP contribution in [0.25, 0.3) is 0 Å². The summed E-state index contributed by atoms with van der Waals surface area (Å²) >= 11 is 1.55. The van der Waals surface area contributed by atoms with Crippen LogP contribution in [0.3, 0.4) is 0 Å². The number of nitrogens with zero attached hydrogens (tertiary/aromatic N) is 3. The lowest BCUT2D eigenvalue weighted by molar-refractivity contribution is 0.111. The van der Waals surface area contributed by atoms with Gasteiger partial charge < -0.3 is 14.6 Å². The van der Waals surface area contributed by atoms with Crippen molar-refractivity contribution >= 4 is 23.7 Å². The minimum Gasteiger partial charge on any atom is -0.465 e. The largest absolute Gasteiger partial charge is 0.465 e. The van der Waals surface area contributed by atoms with E-state index in [-0.39, 0.29) is 0 Å². The summed E-state index contributed by atoms with van der Waals surface area (Å²) in [5.74, 6) is 0.438. The number of likely N-dealkylation sites (tertiary alicyclic amines) is 1. The Labute approximate surface area is 121 Å². The Morgan fingerprint density at radius 1 is 1.50 bits per heavy atom. The van der Waals surface area contributed by atoms with Crippen molar-refractivity contribution in [1.82, 2.24) is 9.47 Å². The van der Waals surface area contributed by atoms with Gasteiger partial charge in [-0.1, -0.05) is 0 Å². The zero-order valence-corrected chi connectivity index (χ0v) is 12.5. The number of hydrogen-bond donors (Lipinski definition) is 1. The fraction of sp³-hybridized carbons (Fsp3) is 0.615. The van der Waals surface area contributed by atoms with Crippen molar-refractivity contribution < 1.29 is 14.7 Å². The smallest absolute Gasteiger partial charge is 0.407 e. The maximum absolute atomic E-state index is 11.2. The summed E-state index contributed by atoms with van der Waals surface area (Å²) in [5, 5.41) is 8.93. The molecule has 1 aliphatic heterocycles. The fourth-order valence-electron chi connectivity index (χ4n) is 2.60. The first-order valence-electron chi connectivity index (χ1n) is 6.61. The lowest BCUT2D eigenvalue weighted by atomic mass is 9.93. The quantitative estimate of drug-likeness (QED) is 0.856. The number of aromatic nitrogens is 1. The highest BCUT2D eigenvalue weighted by molar-refractivity contribution is 7.09. The third-order valence-electron chi connectivity index (χ3n) is 3.81. The van der Waals surface area contributed by atoms with Crippen LogP contribution in [-0.2, 0) is 13.5 Å². The molecule has 0 atom stereocenters. The van der Waals surface area contributed by atoms with Gasteiger partial charge in [-0.05, 0) is 25.2 Å². The number of carbonyl (C=O) groups is 2. The number of piperidine rings is 1. The lowest BCUT2D eigenvalue weighted by Crippen LogP contribution is -2.37. The van der Waals surface area contributed by atoms with Gasteiger partial charge >= 0.3 is 6.09 Å². The molecule has 0 aromatic carbocycles. The van der Waals surface area contributed by atoms with Crippen LogP contribution in [0.2, 0.25) is 0 Å². The Hall–Kier alpha value is -1.63. The molecule has 110 valence electrons. The minimum absolute atomic E-state index is 0.438. The van der Waals surface area contributed by atoms with E-state index in [2.05, 4.69) is 4.99 Å². The molecule has 1 aromatic rings. The van der Waals surface area contributed by atoms with E-state index >= 15 is 0 Å². The number of hydrogen-bond acceptors (Lipinski definition) is 4. The van der Waals surface area contributed by atoms with E-state index in [4.69, 9.17) is 5.11 Å². The SMILES string of the molecule is CN=c1sc(CC2CCN(C(=O)O)CC2)c(C=O)n1C. The molecule has 1 amide bonds. The van der Waals surface area contributed by atoms with E-state index in [0.717, 1.165) is 35.2 Å². The lowest BCUT2D eigenvalue weighted by Gasteiger charge is -2.29. The zero-order chi connectivity index (χ0) is 14.7. The molecule has 1 saturated heterocycles. The summed E-state index contributed by atoms with van der Waals surface area (Å²) in [6.07, 6.45) is 2.57. The average molecular weight is 297 g/mol. The molecule has 6 nitrogen and oxygen atoms in total. The number of carboxylic acid groups (broad SMARTS) is 1. The monoisotopic (exact) mass is 297 g/mol. The van der Waals surface area contributed by atoms with Crippen LogP contribution in [0.1, 0.15) is 28.2 Å². The molecular weight excluding hydrogens is 278 g/mol. The standard InChI is InChI=1S/C13H19N3O3S/c1-14-12-15(2)10(8-17)11(20-12)7-9-3-5-16(6-4-9)13(18)19/h8-9H,3-7H2,1-2H3,(H,18,19). The van der Waals surface area contributed by atoms with Crippen LogP contribution in [0.15, 0.2) is 4.99 Å². The Morgan fingerprint density at radius 2 is 2.15 bits per heavy atom. The van der Waals surface area contributed by atoms with Gasteiger partial charge in [0.25, 0.3) is 0 Å². The maximum Gasteiger partial charge on any atom is 0.407 e. The minimum atomic E-state index is -0.841. The van der Waals surface area contributed by atoms with Crippen molar-refractivity contribution in [2.75, 3.05) is 20.1 Å². The zero-order valence-electron chi connectivity index (χ0n) is 11.7. The van der Waals surface area contributed by atoms with Crippen molar-refractivity contribution in [3.63, 3.8) is 0 Å². The summed E-state index contributed by atoms with van der Waals surface area (Å²) in [6.45, 7) is 1.16. The second-order valence-corrected chi connectivity index (χ2v) is 6.07. The molecular formula is C13H19N3O3S. The van der Waals surface area contributed by atoms with Crippen molar-refractivity contribution in [1.29, 1.82) is 0 Å². The maximum atomic E-state index is 11.2. The van der Waals surface area contributed by atoms with Gasteiger partial charge in [0.1, 0.15) is 0 Å². The van der Waals surface area contributed by atoms with Gasteiger partial charge in [-0.15, -0.1) is 11.3 Å². The molecule has 0 bridgehead atoms. The van der Waals surface area contributed by atoms with Crippen LogP contribution in [0.5, 0.6) is 0 Å². The second kappa shape index (κ2) is 6.21. The Morgan fingerprint density at radius 3 is 2.65 bits per heavy atom. The molecule has 1 N–H and O–H groups in total. The summed E-state index contributed by atoms with van der Waals surface area (Å²) in [4.78, 5) is 29.6. The van der Waals surface area contributed by atoms with Crippen LogP contribution < -0.4 is 4.80 Å². The van der Waals surface area contributed by atoms with Crippen molar-refractivity contribution in [3.05, 3.63) is 15.4 Å². The Kier molecular flexibility index (Phi) is 4.59. The van der Waals surface area contributed by atoms with Crippen molar-refractivity contribution in [2.24, 2.45) is 18.0 Å². The molecule has 0 radical (unpaired) electrons. The number of rotatable bonds is 3. The first-order chi connectivity index (χ1) is 9.56. The van der Waals surface area contributed by atoms with Gasteiger partial charge in [0.05, 0.1) is 5.69 Å². The summed E-state index contributed by atoms with van der Waals surface area (Å²) in [7, 11) is 3.56. The topological polar surface area (TPSA) is 74.9 Å². The highest BCUT2D eigenvalue weighted by Gasteiger charge is 2.24. The molecule has 20 heavy (non-hydrogen) atoms. The molecule has 0 saturated carbocycles. The molecule has 2 rings (SSSR count). The van der Waals surface area contributed by atoms with E-state index in [1.807, 2.05) is 11.6 Å². The van der Waals surface area contributed by atoms with Gasteiger partial charge in [0, 0.05) is 32.1 Å². The third kappa shape index (κ3) is 2.92. The Balaban J connectivity index is 2.08. The van der Waals surface area contributed by atoms with Gasteiger partial charge in [0.15, 0.2) is 11.1 Å². The van der Waals surface area contributed by atoms with E-state index in [0.29, 0.717) is 24.7 Å². The molecule has 2 heterocycles. The van der Waals surface area contributed by atoms with Gasteiger partial charge in [-0.3, -0.25) is 9.79 Å². The predicted octanol–water partition coefficient (Wildman–Crippen LogP) is 1.36. The summed E-state index contributed by atoms with van der Waals surface area (Å²) in [6, 6.07) is 0. The second-order valence-electron chi connectivity index (χ2n) is 5.01. The van der Waals surface area contributed by atoms with E-state index in [9.17, 15) is 9.59 Å². The molecule has 0 spiro atoms. The summed E-state index contributed by atoms with van der Waals surface area (Å²) < 4.78 is 1.82. The van der Waals surface area contributed by atoms with Gasteiger partial charge in [-0.2, -0.15) is 0 Å². The molecule has 1 fully saturated rings. The van der Waals surface area contributed by atoms with E-state index in [1.54, 1.807) is 18.4 Å².